The monoisotopic (exact) mass is 313 g/mol. The molecule has 0 bridgehead atoms. The summed E-state index contributed by atoms with van der Waals surface area (Å²) in [6.07, 6.45) is 0. The molecule has 0 unspecified atom stereocenters. The Labute approximate surface area is 132 Å². The van der Waals surface area contributed by atoms with Crippen LogP contribution in [0.5, 0.6) is 11.5 Å². The molecule has 0 amide bonds. The fraction of sp³-hybridized carbons (Fsp3) is 0.125. The molecular formula is C16H15N3O2S. The zero-order valence-electron chi connectivity index (χ0n) is 12.2. The molecule has 3 N–H and O–H groups in total. The number of hydrogen-bond acceptors (Lipinski definition) is 4. The second-order valence-corrected chi connectivity index (χ2v) is 5.49. The highest BCUT2D eigenvalue weighted by Gasteiger charge is 2.16. The van der Waals surface area contributed by atoms with E-state index >= 15 is 0 Å². The van der Waals surface area contributed by atoms with Crippen LogP contribution in [-0.2, 0) is 0 Å². The minimum absolute atomic E-state index is 0.00586. The van der Waals surface area contributed by atoms with E-state index in [1.807, 2.05) is 32.0 Å². The van der Waals surface area contributed by atoms with E-state index in [1.165, 1.54) is 12.1 Å². The summed E-state index contributed by atoms with van der Waals surface area (Å²) < 4.78 is 2.22. The van der Waals surface area contributed by atoms with Crippen molar-refractivity contribution in [3.63, 3.8) is 0 Å². The maximum Gasteiger partial charge on any atom is 0.200 e. The van der Waals surface area contributed by atoms with E-state index < -0.39 is 0 Å². The lowest BCUT2D eigenvalue weighted by molar-refractivity contribution is 0.451. The minimum atomic E-state index is -0.0550. The number of benzene rings is 2. The highest BCUT2D eigenvalue weighted by Crippen LogP contribution is 2.33. The number of H-pyrrole nitrogens is 1. The van der Waals surface area contributed by atoms with Gasteiger partial charge >= 0.3 is 0 Å². The van der Waals surface area contributed by atoms with E-state index in [9.17, 15) is 10.2 Å². The molecule has 1 aromatic heterocycles. The summed E-state index contributed by atoms with van der Waals surface area (Å²) in [5, 5.41) is 26.5. The van der Waals surface area contributed by atoms with Gasteiger partial charge in [-0.1, -0.05) is 12.1 Å². The van der Waals surface area contributed by atoms with Gasteiger partial charge in [-0.05, 0) is 55.4 Å². The van der Waals surface area contributed by atoms with Gasteiger partial charge in [-0.3, -0.25) is 9.67 Å². The largest absolute Gasteiger partial charge is 0.508 e. The van der Waals surface area contributed by atoms with Crippen LogP contribution in [0.3, 0.4) is 0 Å². The van der Waals surface area contributed by atoms with Crippen LogP contribution in [-0.4, -0.2) is 25.0 Å². The number of hydrogen-bond donors (Lipinski definition) is 3. The molecule has 3 aromatic rings. The highest BCUT2D eigenvalue weighted by molar-refractivity contribution is 7.71. The fourth-order valence-corrected chi connectivity index (χ4v) is 2.62. The van der Waals surface area contributed by atoms with E-state index in [2.05, 4.69) is 10.2 Å². The summed E-state index contributed by atoms with van der Waals surface area (Å²) in [7, 11) is 0. The molecule has 0 aliphatic rings. The molecule has 0 aliphatic heterocycles. The number of aromatic hydroxyl groups is 2. The first kappa shape index (κ1) is 14.3. The summed E-state index contributed by atoms with van der Waals surface area (Å²) in [6, 6.07) is 10.3. The third-order valence-corrected chi connectivity index (χ3v) is 3.99. The smallest absolute Gasteiger partial charge is 0.200 e. The van der Waals surface area contributed by atoms with Crippen molar-refractivity contribution >= 4 is 12.2 Å². The number of phenolic OH excluding ortho intramolecular Hbond substituents is 2. The van der Waals surface area contributed by atoms with Crippen LogP contribution in [0.4, 0.5) is 0 Å². The molecule has 22 heavy (non-hydrogen) atoms. The first-order chi connectivity index (χ1) is 10.5. The Balaban J connectivity index is 2.29. The van der Waals surface area contributed by atoms with Crippen molar-refractivity contribution in [1.82, 2.24) is 14.8 Å². The van der Waals surface area contributed by atoms with Crippen molar-refractivity contribution < 1.29 is 10.2 Å². The fourth-order valence-electron chi connectivity index (χ4n) is 2.39. The molecule has 0 saturated carbocycles. The van der Waals surface area contributed by atoms with E-state index in [1.54, 1.807) is 10.6 Å². The average molecular weight is 313 g/mol. The van der Waals surface area contributed by atoms with E-state index in [4.69, 9.17) is 12.2 Å². The van der Waals surface area contributed by atoms with Crippen molar-refractivity contribution in [3.05, 3.63) is 52.3 Å². The first-order valence-electron chi connectivity index (χ1n) is 6.75. The van der Waals surface area contributed by atoms with Crippen LogP contribution in [0.15, 0.2) is 36.4 Å². The molecule has 112 valence electrons. The Hall–Kier alpha value is -2.60. The number of nitrogens with one attached hydrogen (secondary N) is 1. The third-order valence-electron chi connectivity index (χ3n) is 3.71. The van der Waals surface area contributed by atoms with E-state index in [0.29, 0.717) is 16.2 Å². The summed E-state index contributed by atoms with van der Waals surface area (Å²) in [5.74, 6) is 0.436. The van der Waals surface area contributed by atoms with Gasteiger partial charge in [0, 0.05) is 6.07 Å². The van der Waals surface area contributed by atoms with Gasteiger partial charge in [-0.15, -0.1) is 0 Å². The molecule has 3 rings (SSSR count). The van der Waals surface area contributed by atoms with Gasteiger partial charge in [-0.25, -0.2) is 0 Å². The van der Waals surface area contributed by atoms with Crippen molar-refractivity contribution in [2.24, 2.45) is 0 Å². The van der Waals surface area contributed by atoms with Crippen LogP contribution in [0.1, 0.15) is 11.1 Å². The standard InChI is InChI=1S/C16H15N3O2S/c1-9-4-3-5-13(10(9)2)19-15(17-18-16(19)22)12-7-6-11(20)8-14(12)21/h3-8,20-21H,1-2H3,(H,18,22). The second-order valence-electron chi connectivity index (χ2n) is 5.11. The summed E-state index contributed by atoms with van der Waals surface area (Å²) in [5.41, 5.74) is 3.62. The molecule has 0 spiro atoms. The van der Waals surface area contributed by atoms with Crippen LogP contribution >= 0.6 is 12.2 Å². The van der Waals surface area contributed by atoms with Gasteiger partial charge < -0.3 is 10.2 Å². The number of phenols is 2. The molecule has 0 saturated heterocycles. The molecule has 0 aliphatic carbocycles. The molecule has 5 nitrogen and oxygen atoms in total. The van der Waals surface area contributed by atoms with Crippen molar-refractivity contribution in [2.75, 3.05) is 0 Å². The maximum absolute atomic E-state index is 10.1. The van der Waals surface area contributed by atoms with Crippen LogP contribution < -0.4 is 0 Å². The number of aromatic amines is 1. The van der Waals surface area contributed by atoms with Crippen LogP contribution in [0.25, 0.3) is 17.1 Å². The molecule has 0 fully saturated rings. The molecule has 0 atom stereocenters. The Bertz CT molecular complexity index is 912. The minimum Gasteiger partial charge on any atom is -0.508 e. The molecular weight excluding hydrogens is 298 g/mol. The van der Waals surface area contributed by atoms with Crippen LogP contribution in [0, 0.1) is 18.6 Å². The normalized spacial score (nSPS) is 10.8. The molecule has 2 aromatic carbocycles. The van der Waals surface area contributed by atoms with Crippen molar-refractivity contribution in [3.8, 4) is 28.6 Å². The molecule has 0 radical (unpaired) electrons. The van der Waals surface area contributed by atoms with Gasteiger partial charge in [0.1, 0.15) is 11.5 Å². The van der Waals surface area contributed by atoms with Crippen LogP contribution in [0.2, 0.25) is 0 Å². The van der Waals surface area contributed by atoms with Gasteiger partial charge in [0.25, 0.3) is 0 Å². The quantitative estimate of drug-likeness (QED) is 0.632. The van der Waals surface area contributed by atoms with Gasteiger partial charge in [0.2, 0.25) is 0 Å². The van der Waals surface area contributed by atoms with Gasteiger partial charge in [0.05, 0.1) is 11.3 Å². The Morgan fingerprint density at radius 2 is 1.91 bits per heavy atom. The molecule has 1 heterocycles. The lowest BCUT2D eigenvalue weighted by Crippen LogP contribution is -2.01. The summed E-state index contributed by atoms with van der Waals surface area (Å²) in [4.78, 5) is 0. The van der Waals surface area contributed by atoms with E-state index in [0.717, 1.165) is 16.8 Å². The summed E-state index contributed by atoms with van der Waals surface area (Å²) >= 11 is 5.34. The second kappa shape index (κ2) is 5.31. The zero-order valence-corrected chi connectivity index (χ0v) is 13.0. The highest BCUT2D eigenvalue weighted by atomic mass is 32.1. The van der Waals surface area contributed by atoms with Gasteiger partial charge in [0.15, 0.2) is 10.6 Å². The summed E-state index contributed by atoms with van der Waals surface area (Å²) in [6.45, 7) is 4.04. The Morgan fingerprint density at radius 1 is 1.14 bits per heavy atom. The average Bonchev–Trinajstić information content (AvgIpc) is 2.84. The molecule has 6 heteroatoms. The lowest BCUT2D eigenvalue weighted by atomic mass is 10.1. The van der Waals surface area contributed by atoms with Crippen molar-refractivity contribution in [1.29, 1.82) is 0 Å². The third kappa shape index (κ3) is 2.27. The number of aryl methyl sites for hydroxylation is 1. The van der Waals surface area contributed by atoms with Crippen molar-refractivity contribution in [2.45, 2.75) is 13.8 Å². The topological polar surface area (TPSA) is 74.1 Å². The first-order valence-corrected chi connectivity index (χ1v) is 7.16. The van der Waals surface area contributed by atoms with Gasteiger partial charge in [-0.2, -0.15) is 5.10 Å². The lowest BCUT2D eigenvalue weighted by Gasteiger charge is -2.12. The predicted octanol–water partition coefficient (Wildman–Crippen LogP) is 3.62. The number of aromatic nitrogens is 3. The SMILES string of the molecule is Cc1cccc(-n2c(-c3ccc(O)cc3O)n[nH]c2=S)c1C. The van der Waals surface area contributed by atoms with E-state index in [-0.39, 0.29) is 11.5 Å². The zero-order chi connectivity index (χ0) is 15.9. The Morgan fingerprint density at radius 3 is 2.64 bits per heavy atom. The predicted molar refractivity (Wildman–Crippen MR) is 87.0 cm³/mol. The Kier molecular flexibility index (Phi) is 3.46. The maximum atomic E-state index is 10.1. The number of rotatable bonds is 2. The number of nitrogens with zero attached hydrogens (tertiary/aromatic N) is 2.